The molecule has 3 nitrogen and oxygen atoms in total. The van der Waals surface area contributed by atoms with Gasteiger partial charge in [-0.2, -0.15) is 0 Å². The van der Waals surface area contributed by atoms with Crippen LogP contribution in [0.1, 0.15) is 41.6 Å². The van der Waals surface area contributed by atoms with Crippen molar-refractivity contribution in [2.24, 2.45) is 0 Å². The van der Waals surface area contributed by atoms with Gasteiger partial charge in [0.25, 0.3) is 5.91 Å². The Labute approximate surface area is 122 Å². The lowest BCUT2D eigenvalue weighted by Crippen LogP contribution is -2.42. The molecule has 1 aromatic carbocycles. The maximum atomic E-state index is 12.4. The molecular weight excluding hydrogens is 306 g/mol. The molecule has 1 fully saturated rings. The van der Waals surface area contributed by atoms with Crippen LogP contribution in [0.2, 0.25) is 0 Å². The molecule has 1 saturated carbocycles. The molecule has 2 unspecified atom stereocenters. The maximum Gasteiger partial charge on any atom is 0.255 e. The number of rotatable bonds is 3. The van der Waals surface area contributed by atoms with Crippen LogP contribution in [0.15, 0.2) is 18.2 Å². The topological polar surface area (TPSA) is 38.3 Å². The molecule has 0 heterocycles. The fraction of sp³-hybridized carbons (Fsp3) is 0.533. The largest absolute Gasteiger partial charge is 0.496 e. The van der Waals surface area contributed by atoms with Crippen LogP contribution in [0.3, 0.4) is 0 Å². The van der Waals surface area contributed by atoms with Crippen molar-refractivity contribution in [1.82, 2.24) is 5.32 Å². The molecule has 1 aromatic rings. The third-order valence-electron chi connectivity index (χ3n) is 3.60. The van der Waals surface area contributed by atoms with Gasteiger partial charge in [0.1, 0.15) is 5.75 Å². The number of halogens is 1. The van der Waals surface area contributed by atoms with Gasteiger partial charge in [-0.1, -0.05) is 40.4 Å². The molecule has 4 heteroatoms. The van der Waals surface area contributed by atoms with Crippen molar-refractivity contribution in [2.75, 3.05) is 7.11 Å². The lowest BCUT2D eigenvalue weighted by Gasteiger charge is -2.28. The minimum atomic E-state index is -0.0445. The van der Waals surface area contributed by atoms with Crippen molar-refractivity contribution in [1.29, 1.82) is 0 Å². The van der Waals surface area contributed by atoms with Crippen LogP contribution in [-0.2, 0) is 0 Å². The van der Waals surface area contributed by atoms with E-state index in [0.717, 1.165) is 18.4 Å². The van der Waals surface area contributed by atoms with Gasteiger partial charge in [-0.05, 0) is 31.9 Å². The fourth-order valence-corrected chi connectivity index (χ4v) is 3.21. The summed E-state index contributed by atoms with van der Waals surface area (Å²) >= 11 is 3.66. The second-order valence-corrected chi connectivity index (χ2v) is 6.26. The molecule has 1 aliphatic carbocycles. The van der Waals surface area contributed by atoms with E-state index in [1.54, 1.807) is 7.11 Å². The number of aryl methyl sites for hydroxylation is 1. The molecule has 2 atom stereocenters. The van der Waals surface area contributed by atoms with Crippen molar-refractivity contribution in [2.45, 2.75) is 43.5 Å². The number of hydrogen-bond acceptors (Lipinski definition) is 2. The van der Waals surface area contributed by atoms with Crippen LogP contribution in [0, 0.1) is 6.92 Å². The summed E-state index contributed by atoms with van der Waals surface area (Å²) in [5.41, 5.74) is 1.68. The fourth-order valence-electron chi connectivity index (χ4n) is 2.49. The molecule has 0 aliphatic heterocycles. The first-order valence-corrected chi connectivity index (χ1v) is 7.63. The van der Waals surface area contributed by atoms with E-state index < -0.39 is 0 Å². The lowest BCUT2D eigenvalue weighted by molar-refractivity contribution is 0.0926. The van der Waals surface area contributed by atoms with Crippen molar-refractivity contribution < 1.29 is 9.53 Å². The lowest BCUT2D eigenvalue weighted by atomic mass is 9.95. The first-order valence-electron chi connectivity index (χ1n) is 6.71. The standard InChI is InChI=1S/C15H20BrNO2/c1-10-7-8-14(19-2)11(9-10)15(18)17-13-6-4-3-5-12(13)16/h7-9,12-13H,3-6H2,1-2H3,(H,17,18). The number of nitrogens with one attached hydrogen (secondary N) is 1. The van der Waals surface area contributed by atoms with E-state index in [9.17, 15) is 4.79 Å². The predicted molar refractivity (Wildman–Crippen MR) is 80.2 cm³/mol. The Kier molecular flexibility index (Phi) is 4.86. The maximum absolute atomic E-state index is 12.4. The molecule has 0 bridgehead atoms. The van der Waals surface area contributed by atoms with E-state index in [-0.39, 0.29) is 11.9 Å². The Hall–Kier alpha value is -1.03. The van der Waals surface area contributed by atoms with Gasteiger partial charge in [-0.15, -0.1) is 0 Å². The molecular formula is C15H20BrNO2. The van der Waals surface area contributed by atoms with E-state index >= 15 is 0 Å². The average Bonchev–Trinajstić information content (AvgIpc) is 2.41. The molecule has 104 valence electrons. The highest BCUT2D eigenvalue weighted by Crippen LogP contribution is 2.26. The van der Waals surface area contributed by atoms with E-state index in [4.69, 9.17) is 4.74 Å². The average molecular weight is 326 g/mol. The Bertz CT molecular complexity index is 461. The molecule has 0 radical (unpaired) electrons. The van der Waals surface area contributed by atoms with Gasteiger partial charge < -0.3 is 10.1 Å². The second kappa shape index (κ2) is 6.42. The third-order valence-corrected chi connectivity index (χ3v) is 4.69. The third kappa shape index (κ3) is 3.50. The Balaban J connectivity index is 2.13. The zero-order chi connectivity index (χ0) is 13.8. The summed E-state index contributed by atoms with van der Waals surface area (Å²) in [5.74, 6) is 0.585. The van der Waals surface area contributed by atoms with Gasteiger partial charge in [0.2, 0.25) is 0 Å². The van der Waals surface area contributed by atoms with E-state index in [0.29, 0.717) is 16.1 Å². The van der Waals surface area contributed by atoms with E-state index in [1.807, 2.05) is 25.1 Å². The highest BCUT2D eigenvalue weighted by Gasteiger charge is 2.25. The van der Waals surface area contributed by atoms with Gasteiger partial charge in [0.15, 0.2) is 0 Å². The van der Waals surface area contributed by atoms with Crippen molar-refractivity contribution in [3.05, 3.63) is 29.3 Å². The van der Waals surface area contributed by atoms with E-state index in [1.165, 1.54) is 12.8 Å². The van der Waals surface area contributed by atoms with Gasteiger partial charge in [0, 0.05) is 10.9 Å². The first kappa shape index (κ1) is 14.4. The van der Waals surface area contributed by atoms with Gasteiger partial charge >= 0.3 is 0 Å². The van der Waals surface area contributed by atoms with Crippen molar-refractivity contribution >= 4 is 21.8 Å². The summed E-state index contributed by atoms with van der Waals surface area (Å²) in [6.07, 6.45) is 4.57. The normalized spacial score (nSPS) is 22.9. The molecule has 2 rings (SSSR count). The summed E-state index contributed by atoms with van der Waals surface area (Å²) < 4.78 is 5.26. The van der Waals surface area contributed by atoms with Gasteiger partial charge in [-0.3, -0.25) is 4.79 Å². The number of alkyl halides is 1. The van der Waals surface area contributed by atoms with Crippen LogP contribution in [0.25, 0.3) is 0 Å². The number of ether oxygens (including phenoxy) is 1. The molecule has 0 spiro atoms. The molecule has 1 amide bonds. The summed E-state index contributed by atoms with van der Waals surface area (Å²) in [6.45, 7) is 1.98. The monoisotopic (exact) mass is 325 g/mol. The number of hydrogen-bond donors (Lipinski definition) is 1. The quantitative estimate of drug-likeness (QED) is 0.864. The number of methoxy groups -OCH3 is 1. The first-order chi connectivity index (χ1) is 9.11. The highest BCUT2D eigenvalue weighted by molar-refractivity contribution is 9.09. The van der Waals surface area contributed by atoms with Crippen molar-refractivity contribution in [3.8, 4) is 5.75 Å². The SMILES string of the molecule is COc1ccc(C)cc1C(=O)NC1CCCCC1Br. The van der Waals surface area contributed by atoms with Crippen LogP contribution in [0.5, 0.6) is 5.75 Å². The molecule has 0 aromatic heterocycles. The van der Waals surface area contributed by atoms with E-state index in [2.05, 4.69) is 21.2 Å². The minimum absolute atomic E-state index is 0.0445. The molecule has 19 heavy (non-hydrogen) atoms. The van der Waals surface area contributed by atoms with Gasteiger partial charge in [-0.25, -0.2) is 0 Å². The Morgan fingerprint density at radius 3 is 2.79 bits per heavy atom. The summed E-state index contributed by atoms with van der Waals surface area (Å²) in [5, 5.41) is 3.12. The zero-order valence-corrected chi connectivity index (χ0v) is 13.0. The Morgan fingerprint density at radius 1 is 1.37 bits per heavy atom. The number of amides is 1. The highest BCUT2D eigenvalue weighted by atomic mass is 79.9. The second-order valence-electron chi connectivity index (χ2n) is 5.08. The number of benzene rings is 1. The molecule has 1 aliphatic rings. The number of carbonyl (C=O) groups excluding carboxylic acids is 1. The Morgan fingerprint density at radius 2 is 2.11 bits per heavy atom. The number of carbonyl (C=O) groups is 1. The molecule has 1 N–H and O–H groups in total. The molecule has 0 saturated heterocycles. The zero-order valence-electron chi connectivity index (χ0n) is 11.4. The van der Waals surface area contributed by atoms with Crippen LogP contribution < -0.4 is 10.1 Å². The van der Waals surface area contributed by atoms with Crippen molar-refractivity contribution in [3.63, 3.8) is 0 Å². The summed E-state index contributed by atoms with van der Waals surface area (Å²) in [6, 6.07) is 5.88. The minimum Gasteiger partial charge on any atom is -0.496 e. The van der Waals surface area contributed by atoms with Crippen LogP contribution in [-0.4, -0.2) is 23.9 Å². The summed E-state index contributed by atoms with van der Waals surface area (Å²) in [7, 11) is 1.59. The van der Waals surface area contributed by atoms with Gasteiger partial charge in [0.05, 0.1) is 12.7 Å². The smallest absolute Gasteiger partial charge is 0.255 e. The predicted octanol–water partition coefficient (Wildman–Crippen LogP) is 3.44. The van der Waals surface area contributed by atoms with Crippen LogP contribution in [0.4, 0.5) is 0 Å². The summed E-state index contributed by atoms with van der Waals surface area (Å²) in [4.78, 5) is 12.8. The van der Waals surface area contributed by atoms with Crippen LogP contribution >= 0.6 is 15.9 Å².